The number of nitrogens with zero attached hydrogens (tertiary/aromatic N) is 1. The van der Waals surface area contributed by atoms with Gasteiger partial charge in [-0.25, -0.2) is 9.78 Å². The van der Waals surface area contributed by atoms with Crippen LogP contribution < -0.4 is 4.74 Å². The highest BCUT2D eigenvalue weighted by molar-refractivity contribution is 6.29. The van der Waals surface area contributed by atoms with E-state index in [1.165, 1.54) is 13.0 Å². The molecule has 0 saturated carbocycles. The molecule has 0 bridgehead atoms. The fourth-order valence-corrected chi connectivity index (χ4v) is 2.26. The SMILES string of the molecule is CCOC(=O)[C@@H](C)Oc1cccc(-c2cc(C(F)(F)F)cc(Cl)n2)c1. The van der Waals surface area contributed by atoms with Gasteiger partial charge in [0, 0.05) is 5.56 Å². The van der Waals surface area contributed by atoms with Crippen molar-refractivity contribution in [3.8, 4) is 17.0 Å². The van der Waals surface area contributed by atoms with Crippen LogP contribution >= 0.6 is 11.6 Å². The first-order valence-electron chi connectivity index (χ1n) is 7.39. The third-order valence-electron chi connectivity index (χ3n) is 3.18. The molecular weight excluding hydrogens is 359 g/mol. The first-order chi connectivity index (χ1) is 11.7. The summed E-state index contributed by atoms with van der Waals surface area (Å²) in [5.74, 6) is -0.235. The van der Waals surface area contributed by atoms with Gasteiger partial charge in [0.15, 0.2) is 6.10 Å². The number of aromatic nitrogens is 1. The molecular formula is C17H15ClF3NO3. The van der Waals surface area contributed by atoms with Crippen LogP contribution in [0.1, 0.15) is 19.4 Å². The predicted molar refractivity (Wildman–Crippen MR) is 86.4 cm³/mol. The largest absolute Gasteiger partial charge is 0.479 e. The lowest BCUT2D eigenvalue weighted by molar-refractivity contribution is -0.150. The predicted octanol–water partition coefficient (Wildman–Crippen LogP) is 4.75. The van der Waals surface area contributed by atoms with E-state index in [0.29, 0.717) is 11.3 Å². The van der Waals surface area contributed by atoms with Crippen molar-refractivity contribution in [3.05, 3.63) is 47.1 Å². The normalized spacial score (nSPS) is 12.6. The number of alkyl halides is 3. The molecule has 4 nitrogen and oxygen atoms in total. The van der Waals surface area contributed by atoms with Gasteiger partial charge in [-0.05, 0) is 38.1 Å². The number of pyridine rings is 1. The smallest absolute Gasteiger partial charge is 0.416 e. The van der Waals surface area contributed by atoms with Crippen LogP contribution in [0.15, 0.2) is 36.4 Å². The van der Waals surface area contributed by atoms with Crippen molar-refractivity contribution in [1.29, 1.82) is 0 Å². The highest BCUT2D eigenvalue weighted by Crippen LogP contribution is 2.34. The molecule has 0 amide bonds. The second kappa shape index (κ2) is 7.74. The lowest BCUT2D eigenvalue weighted by Gasteiger charge is -2.14. The van der Waals surface area contributed by atoms with Gasteiger partial charge in [0.25, 0.3) is 0 Å². The van der Waals surface area contributed by atoms with Gasteiger partial charge in [0.05, 0.1) is 17.9 Å². The third kappa shape index (κ3) is 5.09. The van der Waals surface area contributed by atoms with Crippen molar-refractivity contribution < 1.29 is 27.4 Å². The number of halogens is 4. The Morgan fingerprint density at radius 2 is 2.00 bits per heavy atom. The Bertz CT molecular complexity index is 765. The van der Waals surface area contributed by atoms with E-state index in [9.17, 15) is 18.0 Å². The zero-order valence-electron chi connectivity index (χ0n) is 13.4. The van der Waals surface area contributed by atoms with Crippen LogP contribution in [0.25, 0.3) is 11.3 Å². The molecule has 2 aromatic rings. The van der Waals surface area contributed by atoms with Crippen molar-refractivity contribution in [2.75, 3.05) is 6.61 Å². The molecule has 0 fully saturated rings. The van der Waals surface area contributed by atoms with Crippen LogP contribution in [0.2, 0.25) is 5.15 Å². The molecule has 2 rings (SSSR count). The van der Waals surface area contributed by atoms with Crippen molar-refractivity contribution in [3.63, 3.8) is 0 Å². The fraction of sp³-hybridized carbons (Fsp3) is 0.294. The van der Waals surface area contributed by atoms with Gasteiger partial charge in [-0.15, -0.1) is 0 Å². The number of benzene rings is 1. The Kier molecular flexibility index (Phi) is 5.89. The molecule has 0 unspecified atom stereocenters. The molecule has 1 aromatic heterocycles. The van der Waals surface area contributed by atoms with E-state index >= 15 is 0 Å². The van der Waals surface area contributed by atoms with Crippen LogP contribution in [0.4, 0.5) is 13.2 Å². The van der Waals surface area contributed by atoms with Crippen LogP contribution in [0.5, 0.6) is 5.75 Å². The van der Waals surface area contributed by atoms with E-state index in [-0.39, 0.29) is 17.5 Å². The molecule has 1 aromatic carbocycles. The zero-order valence-corrected chi connectivity index (χ0v) is 14.2. The van der Waals surface area contributed by atoms with Gasteiger partial charge >= 0.3 is 12.1 Å². The number of carbonyl (C=O) groups is 1. The van der Waals surface area contributed by atoms with E-state index in [4.69, 9.17) is 21.1 Å². The summed E-state index contributed by atoms with van der Waals surface area (Å²) in [6, 6.07) is 7.87. The van der Waals surface area contributed by atoms with E-state index < -0.39 is 23.8 Å². The Hall–Kier alpha value is -2.28. The first kappa shape index (κ1) is 19.1. The number of ether oxygens (including phenoxy) is 2. The van der Waals surface area contributed by atoms with Crippen molar-refractivity contribution in [1.82, 2.24) is 4.98 Å². The molecule has 25 heavy (non-hydrogen) atoms. The summed E-state index contributed by atoms with van der Waals surface area (Å²) in [4.78, 5) is 15.5. The maximum absolute atomic E-state index is 12.9. The molecule has 0 aliphatic heterocycles. The van der Waals surface area contributed by atoms with E-state index in [0.717, 1.165) is 12.1 Å². The van der Waals surface area contributed by atoms with Gasteiger partial charge in [0.1, 0.15) is 10.9 Å². The Balaban J connectivity index is 2.30. The topological polar surface area (TPSA) is 48.4 Å². The van der Waals surface area contributed by atoms with Gasteiger partial charge in [0.2, 0.25) is 0 Å². The fourth-order valence-electron chi connectivity index (χ4n) is 2.05. The monoisotopic (exact) mass is 373 g/mol. The summed E-state index contributed by atoms with van der Waals surface area (Å²) in [6.45, 7) is 3.41. The van der Waals surface area contributed by atoms with Crippen LogP contribution in [0.3, 0.4) is 0 Å². The number of carbonyl (C=O) groups excluding carboxylic acids is 1. The highest BCUT2D eigenvalue weighted by Gasteiger charge is 2.31. The number of hydrogen-bond acceptors (Lipinski definition) is 4. The molecule has 0 saturated heterocycles. The Morgan fingerprint density at radius 3 is 2.64 bits per heavy atom. The molecule has 134 valence electrons. The standard InChI is InChI=1S/C17H15ClF3NO3/c1-3-24-16(23)10(2)25-13-6-4-5-11(7-13)14-8-12(17(19,20)21)9-15(18)22-14/h4-10H,3H2,1-2H3/t10-/m1/s1. The minimum absolute atomic E-state index is 0.0501. The quantitative estimate of drug-likeness (QED) is 0.560. The molecule has 0 radical (unpaired) electrons. The van der Waals surface area contributed by atoms with Crippen molar-refractivity contribution in [2.24, 2.45) is 0 Å². The number of esters is 1. The maximum Gasteiger partial charge on any atom is 0.416 e. The Labute approximate surface area is 147 Å². The van der Waals surface area contributed by atoms with Gasteiger partial charge < -0.3 is 9.47 Å². The lowest BCUT2D eigenvalue weighted by Crippen LogP contribution is -2.26. The number of rotatable bonds is 5. The molecule has 0 spiro atoms. The average Bonchev–Trinajstić information content (AvgIpc) is 2.54. The zero-order chi connectivity index (χ0) is 18.6. The molecule has 0 aliphatic carbocycles. The van der Waals surface area contributed by atoms with Gasteiger partial charge in [-0.2, -0.15) is 13.2 Å². The molecule has 1 atom stereocenters. The minimum Gasteiger partial charge on any atom is -0.479 e. The van der Waals surface area contributed by atoms with E-state index in [1.807, 2.05) is 0 Å². The van der Waals surface area contributed by atoms with Crippen molar-refractivity contribution >= 4 is 17.6 Å². The van der Waals surface area contributed by atoms with Gasteiger partial charge in [-0.1, -0.05) is 23.7 Å². The molecule has 0 aliphatic rings. The summed E-state index contributed by atoms with van der Waals surface area (Å²) in [5.41, 5.74) is -0.468. The lowest BCUT2D eigenvalue weighted by atomic mass is 10.1. The second-order valence-electron chi connectivity index (χ2n) is 5.10. The molecule has 1 heterocycles. The third-order valence-corrected chi connectivity index (χ3v) is 3.38. The first-order valence-corrected chi connectivity index (χ1v) is 7.77. The highest BCUT2D eigenvalue weighted by atomic mass is 35.5. The summed E-state index contributed by atoms with van der Waals surface area (Å²) in [5, 5.41) is -0.268. The molecule has 8 heteroatoms. The summed E-state index contributed by atoms with van der Waals surface area (Å²) < 4.78 is 49.0. The summed E-state index contributed by atoms with van der Waals surface area (Å²) in [6.07, 6.45) is -5.39. The van der Waals surface area contributed by atoms with Crippen LogP contribution in [-0.4, -0.2) is 23.7 Å². The van der Waals surface area contributed by atoms with Gasteiger partial charge in [-0.3, -0.25) is 0 Å². The molecule has 0 N–H and O–H groups in total. The van der Waals surface area contributed by atoms with E-state index in [1.54, 1.807) is 25.1 Å². The van der Waals surface area contributed by atoms with Crippen LogP contribution in [0, 0.1) is 0 Å². The maximum atomic E-state index is 12.9. The van der Waals surface area contributed by atoms with E-state index in [2.05, 4.69) is 4.98 Å². The van der Waals surface area contributed by atoms with Crippen molar-refractivity contribution in [2.45, 2.75) is 26.1 Å². The van der Waals surface area contributed by atoms with Crippen LogP contribution in [-0.2, 0) is 15.7 Å². The summed E-state index contributed by atoms with van der Waals surface area (Å²) >= 11 is 5.70. The average molecular weight is 374 g/mol. The summed E-state index contributed by atoms with van der Waals surface area (Å²) in [7, 11) is 0. The minimum atomic E-state index is -4.53. The second-order valence-corrected chi connectivity index (χ2v) is 5.49. The number of hydrogen-bond donors (Lipinski definition) is 0. The Morgan fingerprint density at radius 1 is 1.28 bits per heavy atom.